The second-order valence-electron chi connectivity index (χ2n) is 7.08. The molecule has 1 aliphatic carbocycles. The number of fused-ring (bicyclic) bond motifs is 1. The lowest BCUT2D eigenvalue weighted by Crippen LogP contribution is -2.45. The summed E-state index contributed by atoms with van der Waals surface area (Å²) in [6.45, 7) is 0.342. The van der Waals surface area contributed by atoms with Crippen LogP contribution in [0.15, 0.2) is 54.6 Å². The van der Waals surface area contributed by atoms with Gasteiger partial charge in [-0.2, -0.15) is 5.26 Å². The average molecular weight is 332 g/mol. The Balaban J connectivity index is 1.81. The van der Waals surface area contributed by atoms with Crippen LogP contribution in [0.4, 0.5) is 5.69 Å². The summed E-state index contributed by atoms with van der Waals surface area (Å²) in [5, 5.41) is 21.1. The van der Waals surface area contributed by atoms with Gasteiger partial charge < -0.3 is 10.0 Å². The molecular formula is C21H20N2O2. The Labute approximate surface area is 147 Å². The number of hydrogen-bond donors (Lipinski definition) is 1. The molecule has 0 spiro atoms. The van der Waals surface area contributed by atoms with E-state index in [0.29, 0.717) is 23.4 Å². The molecule has 0 aromatic heterocycles. The molecule has 0 bridgehead atoms. The minimum atomic E-state index is -1.69. The second-order valence-corrected chi connectivity index (χ2v) is 7.08. The molecule has 0 saturated heterocycles. The lowest BCUT2D eigenvalue weighted by Gasteiger charge is -2.29. The molecule has 4 rings (SSSR count). The summed E-state index contributed by atoms with van der Waals surface area (Å²) >= 11 is 0. The van der Waals surface area contributed by atoms with Crippen LogP contribution in [0.5, 0.6) is 0 Å². The second kappa shape index (κ2) is 5.72. The van der Waals surface area contributed by atoms with Crippen molar-refractivity contribution in [3.05, 3.63) is 65.7 Å². The van der Waals surface area contributed by atoms with Gasteiger partial charge in [0.2, 0.25) is 0 Å². The van der Waals surface area contributed by atoms with Crippen LogP contribution in [-0.2, 0) is 10.4 Å². The maximum absolute atomic E-state index is 13.3. The van der Waals surface area contributed by atoms with E-state index in [4.69, 9.17) is 0 Å². The molecule has 4 nitrogen and oxygen atoms in total. The third-order valence-corrected chi connectivity index (χ3v) is 5.59. The Morgan fingerprint density at radius 3 is 2.36 bits per heavy atom. The van der Waals surface area contributed by atoms with Crippen LogP contribution in [0.1, 0.15) is 36.8 Å². The number of aliphatic hydroxyl groups is 1. The van der Waals surface area contributed by atoms with E-state index >= 15 is 0 Å². The minimum absolute atomic E-state index is 0.342. The number of nitriles is 1. The maximum atomic E-state index is 13.3. The maximum Gasteiger partial charge on any atom is 0.268 e. The molecule has 1 saturated carbocycles. The van der Waals surface area contributed by atoms with E-state index in [1.54, 1.807) is 23.1 Å². The summed E-state index contributed by atoms with van der Waals surface area (Å²) < 4.78 is 0. The van der Waals surface area contributed by atoms with Crippen LogP contribution in [0.25, 0.3) is 0 Å². The first-order valence-electron chi connectivity index (χ1n) is 8.71. The zero-order valence-corrected chi connectivity index (χ0v) is 14.0. The van der Waals surface area contributed by atoms with E-state index in [1.165, 1.54) is 0 Å². The summed E-state index contributed by atoms with van der Waals surface area (Å²) in [4.78, 5) is 14.9. The van der Waals surface area contributed by atoms with Crippen LogP contribution < -0.4 is 4.90 Å². The minimum Gasteiger partial charge on any atom is -0.372 e. The number of carbonyl (C=O) groups excluding carboxylic acids is 1. The monoisotopic (exact) mass is 332 g/mol. The van der Waals surface area contributed by atoms with E-state index in [2.05, 4.69) is 6.07 Å². The SMILES string of the molecule is N#CC1(CN2C(=O)C(O)(c3ccccc3)c3ccccc32)CCCC1. The van der Waals surface area contributed by atoms with E-state index in [1.807, 2.05) is 36.4 Å². The third kappa shape index (κ3) is 2.27. The Hall–Kier alpha value is -2.64. The molecule has 1 unspecified atom stereocenters. The zero-order valence-electron chi connectivity index (χ0n) is 14.0. The van der Waals surface area contributed by atoms with Crippen molar-refractivity contribution in [2.24, 2.45) is 5.41 Å². The molecule has 2 aromatic rings. The normalized spacial score (nSPS) is 24.2. The summed E-state index contributed by atoms with van der Waals surface area (Å²) in [5.74, 6) is -0.360. The van der Waals surface area contributed by atoms with Crippen molar-refractivity contribution in [1.82, 2.24) is 0 Å². The number of nitrogens with zero attached hydrogens (tertiary/aromatic N) is 2. The molecule has 1 aliphatic heterocycles. The van der Waals surface area contributed by atoms with Gasteiger partial charge in [0.15, 0.2) is 5.60 Å². The number of rotatable bonds is 3. The topological polar surface area (TPSA) is 64.3 Å². The molecule has 25 heavy (non-hydrogen) atoms. The van der Waals surface area contributed by atoms with Crippen LogP contribution in [0, 0.1) is 16.7 Å². The Morgan fingerprint density at radius 2 is 1.68 bits per heavy atom. The molecule has 4 heteroatoms. The number of carbonyl (C=O) groups is 1. The first-order chi connectivity index (χ1) is 12.1. The predicted octanol–water partition coefficient (Wildman–Crippen LogP) is 3.35. The molecule has 126 valence electrons. The van der Waals surface area contributed by atoms with Gasteiger partial charge in [-0.3, -0.25) is 4.79 Å². The Bertz CT molecular complexity index is 850. The van der Waals surface area contributed by atoms with Crippen molar-refractivity contribution in [2.75, 3.05) is 11.4 Å². The van der Waals surface area contributed by atoms with Crippen molar-refractivity contribution in [3.63, 3.8) is 0 Å². The highest BCUT2D eigenvalue weighted by atomic mass is 16.3. The lowest BCUT2D eigenvalue weighted by atomic mass is 9.86. The van der Waals surface area contributed by atoms with E-state index < -0.39 is 11.0 Å². The molecular weight excluding hydrogens is 312 g/mol. The van der Waals surface area contributed by atoms with E-state index in [0.717, 1.165) is 25.7 Å². The number of amides is 1. The Morgan fingerprint density at radius 1 is 1.04 bits per heavy atom. The molecule has 1 heterocycles. The quantitative estimate of drug-likeness (QED) is 0.937. The fourth-order valence-electron chi connectivity index (χ4n) is 4.21. The van der Waals surface area contributed by atoms with Gasteiger partial charge in [-0.15, -0.1) is 0 Å². The molecule has 2 aliphatic rings. The van der Waals surface area contributed by atoms with Gasteiger partial charge in [-0.25, -0.2) is 0 Å². The van der Waals surface area contributed by atoms with Gasteiger partial charge in [0.1, 0.15) is 0 Å². The first-order valence-corrected chi connectivity index (χ1v) is 8.71. The van der Waals surface area contributed by atoms with Gasteiger partial charge in [0.25, 0.3) is 5.91 Å². The molecule has 1 atom stereocenters. The van der Waals surface area contributed by atoms with Crippen LogP contribution in [-0.4, -0.2) is 17.6 Å². The van der Waals surface area contributed by atoms with Crippen molar-refractivity contribution < 1.29 is 9.90 Å². The fraction of sp³-hybridized carbons (Fsp3) is 0.333. The molecule has 1 fully saturated rings. The van der Waals surface area contributed by atoms with Gasteiger partial charge >= 0.3 is 0 Å². The lowest BCUT2D eigenvalue weighted by molar-refractivity contribution is -0.132. The summed E-state index contributed by atoms with van der Waals surface area (Å²) in [6, 6.07) is 18.8. The van der Waals surface area contributed by atoms with Crippen LogP contribution in [0.2, 0.25) is 0 Å². The molecule has 2 aromatic carbocycles. The molecule has 1 N–H and O–H groups in total. The van der Waals surface area contributed by atoms with Crippen molar-refractivity contribution in [2.45, 2.75) is 31.3 Å². The number of anilines is 1. The summed E-state index contributed by atoms with van der Waals surface area (Å²) in [5.41, 5.74) is -0.331. The van der Waals surface area contributed by atoms with E-state index in [9.17, 15) is 15.2 Å². The first kappa shape index (κ1) is 15.9. The number of para-hydroxylation sites is 1. The summed E-state index contributed by atoms with van der Waals surface area (Å²) in [7, 11) is 0. The van der Waals surface area contributed by atoms with Crippen molar-refractivity contribution >= 4 is 11.6 Å². The van der Waals surface area contributed by atoms with Gasteiger partial charge in [0, 0.05) is 12.1 Å². The predicted molar refractivity (Wildman–Crippen MR) is 94.7 cm³/mol. The molecule has 0 radical (unpaired) electrons. The van der Waals surface area contributed by atoms with Gasteiger partial charge in [0.05, 0.1) is 17.2 Å². The highest BCUT2D eigenvalue weighted by molar-refractivity contribution is 6.09. The van der Waals surface area contributed by atoms with Crippen LogP contribution in [0.3, 0.4) is 0 Å². The Kier molecular flexibility index (Phi) is 3.63. The number of benzene rings is 2. The smallest absolute Gasteiger partial charge is 0.268 e. The average Bonchev–Trinajstić information content (AvgIpc) is 3.22. The molecule has 1 amide bonds. The van der Waals surface area contributed by atoms with Crippen LogP contribution >= 0.6 is 0 Å². The highest BCUT2D eigenvalue weighted by Gasteiger charge is 2.52. The largest absolute Gasteiger partial charge is 0.372 e. The zero-order chi connectivity index (χ0) is 17.5. The third-order valence-electron chi connectivity index (χ3n) is 5.59. The number of hydrogen-bond acceptors (Lipinski definition) is 3. The van der Waals surface area contributed by atoms with E-state index in [-0.39, 0.29) is 5.91 Å². The van der Waals surface area contributed by atoms with Crippen molar-refractivity contribution in [1.29, 1.82) is 5.26 Å². The van der Waals surface area contributed by atoms with Gasteiger partial charge in [-0.05, 0) is 24.5 Å². The fourth-order valence-corrected chi connectivity index (χ4v) is 4.21. The highest BCUT2D eigenvalue weighted by Crippen LogP contribution is 2.47. The summed E-state index contributed by atoms with van der Waals surface area (Å²) in [6.07, 6.45) is 3.64. The van der Waals surface area contributed by atoms with Crippen molar-refractivity contribution in [3.8, 4) is 6.07 Å². The van der Waals surface area contributed by atoms with Gasteiger partial charge in [-0.1, -0.05) is 61.4 Å². The standard InChI is InChI=1S/C21H20N2O2/c22-14-20(12-6-7-13-20)15-23-18-11-5-4-10-17(18)21(25,19(23)24)16-8-2-1-3-9-16/h1-5,8-11,25H,6-7,12-13,15H2.